The molecule has 24 heavy (non-hydrogen) atoms. The van der Waals surface area contributed by atoms with Crippen molar-refractivity contribution < 1.29 is 4.79 Å². The van der Waals surface area contributed by atoms with Crippen molar-refractivity contribution in [2.75, 3.05) is 32.1 Å². The summed E-state index contributed by atoms with van der Waals surface area (Å²) in [7, 11) is 0. The van der Waals surface area contributed by atoms with Gasteiger partial charge in [0.1, 0.15) is 5.88 Å². The summed E-state index contributed by atoms with van der Waals surface area (Å²) in [6.45, 7) is 5.70. The second-order valence-electron chi connectivity index (χ2n) is 7.23. The summed E-state index contributed by atoms with van der Waals surface area (Å²) in [4.78, 5) is 16.0. The zero-order valence-electron chi connectivity index (χ0n) is 14.7. The van der Waals surface area contributed by atoms with Crippen LogP contribution in [-0.4, -0.2) is 47.8 Å². The first-order valence-electron chi connectivity index (χ1n) is 9.36. The number of carbonyl (C=O) groups excluding carboxylic acids is 1. The van der Waals surface area contributed by atoms with Crippen molar-refractivity contribution in [3.8, 4) is 0 Å². The number of halogens is 1. The molecule has 1 atom stereocenters. The second kappa shape index (κ2) is 8.35. The van der Waals surface area contributed by atoms with Crippen molar-refractivity contribution in [1.82, 2.24) is 9.80 Å². The Kier molecular flexibility index (Phi) is 6.18. The number of alkyl halides is 1. The molecule has 132 valence electrons. The minimum Gasteiger partial charge on any atom is -0.339 e. The van der Waals surface area contributed by atoms with Crippen molar-refractivity contribution in [3.63, 3.8) is 0 Å². The molecule has 1 aliphatic heterocycles. The van der Waals surface area contributed by atoms with E-state index in [9.17, 15) is 4.79 Å². The maximum Gasteiger partial charge on any atom is 0.237 e. The van der Waals surface area contributed by atoms with E-state index in [4.69, 9.17) is 11.6 Å². The first-order chi connectivity index (χ1) is 11.7. The number of nitrogens with zero attached hydrogens (tertiary/aromatic N) is 2. The van der Waals surface area contributed by atoms with Gasteiger partial charge in [-0.3, -0.25) is 9.69 Å². The summed E-state index contributed by atoms with van der Waals surface area (Å²) in [6, 6.07) is 9.71. The minimum absolute atomic E-state index is 0.0563. The number of piperazine rings is 1. The Morgan fingerprint density at radius 1 is 1.08 bits per heavy atom. The number of hydrogen-bond acceptors (Lipinski definition) is 2. The highest BCUT2D eigenvalue weighted by Gasteiger charge is 2.24. The van der Waals surface area contributed by atoms with Crippen molar-refractivity contribution in [2.45, 2.75) is 51.0 Å². The summed E-state index contributed by atoms with van der Waals surface area (Å²) in [5.74, 6) is 0.923. The summed E-state index contributed by atoms with van der Waals surface area (Å²) in [6.07, 6.45) is 6.88. The van der Waals surface area contributed by atoms with E-state index in [1.165, 1.54) is 43.2 Å². The van der Waals surface area contributed by atoms with Crippen LogP contribution in [0.4, 0.5) is 0 Å². The monoisotopic (exact) mass is 348 g/mol. The van der Waals surface area contributed by atoms with Crippen LogP contribution >= 0.6 is 11.6 Å². The van der Waals surface area contributed by atoms with Crippen LogP contribution in [-0.2, 0) is 4.79 Å². The highest BCUT2D eigenvalue weighted by atomic mass is 35.5. The van der Waals surface area contributed by atoms with E-state index in [1.807, 2.05) is 4.90 Å². The molecule has 2 fully saturated rings. The maximum absolute atomic E-state index is 11.7. The standard InChI is InChI=1S/C20H29ClN2O/c1-16(22-11-13-23(14-12-22)20(24)15-21)17-7-9-19(10-8-17)18-5-3-2-4-6-18/h7-10,16,18H,2-6,11-15H2,1H3. The van der Waals surface area contributed by atoms with E-state index in [-0.39, 0.29) is 11.8 Å². The normalized spacial score (nSPS) is 21.7. The fourth-order valence-electron chi connectivity index (χ4n) is 4.14. The van der Waals surface area contributed by atoms with Crippen LogP contribution in [0.3, 0.4) is 0 Å². The Morgan fingerprint density at radius 3 is 2.29 bits per heavy atom. The highest BCUT2D eigenvalue weighted by molar-refractivity contribution is 6.27. The molecule has 1 aromatic rings. The smallest absolute Gasteiger partial charge is 0.237 e. The Hall–Kier alpha value is -1.06. The van der Waals surface area contributed by atoms with Gasteiger partial charge in [0.25, 0.3) is 0 Å². The lowest BCUT2D eigenvalue weighted by molar-refractivity contribution is -0.130. The van der Waals surface area contributed by atoms with Gasteiger partial charge in [-0.1, -0.05) is 43.5 Å². The third kappa shape index (κ3) is 4.12. The van der Waals surface area contributed by atoms with E-state index in [0.717, 1.165) is 32.1 Å². The predicted octanol–water partition coefficient (Wildman–Crippen LogP) is 4.18. The molecule has 0 bridgehead atoms. The third-order valence-electron chi connectivity index (χ3n) is 5.82. The molecule has 0 radical (unpaired) electrons. The average Bonchev–Trinajstić information content (AvgIpc) is 2.68. The van der Waals surface area contributed by atoms with Gasteiger partial charge in [-0.15, -0.1) is 11.6 Å². The minimum atomic E-state index is 0.0563. The third-order valence-corrected chi connectivity index (χ3v) is 6.05. The summed E-state index contributed by atoms with van der Waals surface area (Å²) in [5, 5.41) is 0. The van der Waals surface area contributed by atoms with Gasteiger partial charge in [-0.05, 0) is 36.8 Å². The van der Waals surface area contributed by atoms with Crippen LogP contribution in [0.5, 0.6) is 0 Å². The van der Waals surface area contributed by atoms with Crippen LogP contribution < -0.4 is 0 Å². The summed E-state index contributed by atoms with van der Waals surface area (Å²) < 4.78 is 0. The van der Waals surface area contributed by atoms with Crippen LogP contribution in [0.1, 0.15) is 62.1 Å². The van der Waals surface area contributed by atoms with E-state index < -0.39 is 0 Å². The molecule has 1 saturated heterocycles. The Labute approximate surface area is 151 Å². The molecule has 3 nitrogen and oxygen atoms in total. The number of hydrogen-bond donors (Lipinski definition) is 0. The molecular formula is C20H29ClN2O. The highest BCUT2D eigenvalue weighted by Crippen LogP contribution is 2.33. The molecule has 2 aliphatic rings. The van der Waals surface area contributed by atoms with Gasteiger partial charge in [0.2, 0.25) is 5.91 Å². The van der Waals surface area contributed by atoms with Crippen LogP contribution in [0.25, 0.3) is 0 Å². The summed E-state index contributed by atoms with van der Waals surface area (Å²) in [5.41, 5.74) is 2.90. The van der Waals surface area contributed by atoms with Gasteiger partial charge in [0, 0.05) is 32.2 Å². The van der Waals surface area contributed by atoms with E-state index in [0.29, 0.717) is 6.04 Å². The van der Waals surface area contributed by atoms with Gasteiger partial charge in [-0.25, -0.2) is 0 Å². The molecule has 1 aliphatic carbocycles. The molecule has 1 saturated carbocycles. The van der Waals surface area contributed by atoms with Gasteiger partial charge >= 0.3 is 0 Å². The Balaban J connectivity index is 1.57. The maximum atomic E-state index is 11.7. The number of amides is 1. The van der Waals surface area contributed by atoms with Crippen molar-refractivity contribution in [2.24, 2.45) is 0 Å². The first kappa shape index (κ1) is 17.8. The molecule has 1 aromatic carbocycles. The largest absolute Gasteiger partial charge is 0.339 e. The van der Waals surface area contributed by atoms with Crippen LogP contribution in [0.15, 0.2) is 24.3 Å². The topological polar surface area (TPSA) is 23.6 Å². The molecule has 4 heteroatoms. The molecule has 0 spiro atoms. The first-order valence-corrected chi connectivity index (χ1v) is 9.90. The number of rotatable bonds is 4. The van der Waals surface area contributed by atoms with Gasteiger partial charge in [-0.2, -0.15) is 0 Å². The van der Waals surface area contributed by atoms with Gasteiger partial charge in [0.15, 0.2) is 0 Å². The van der Waals surface area contributed by atoms with Gasteiger partial charge < -0.3 is 4.90 Å². The van der Waals surface area contributed by atoms with E-state index >= 15 is 0 Å². The molecule has 1 heterocycles. The predicted molar refractivity (Wildman–Crippen MR) is 99.6 cm³/mol. The van der Waals surface area contributed by atoms with Crippen molar-refractivity contribution in [1.29, 1.82) is 0 Å². The SMILES string of the molecule is CC(c1ccc(C2CCCCC2)cc1)N1CCN(C(=O)CCl)CC1. The van der Waals surface area contributed by atoms with Crippen LogP contribution in [0.2, 0.25) is 0 Å². The lowest BCUT2D eigenvalue weighted by Crippen LogP contribution is -2.49. The van der Waals surface area contributed by atoms with Crippen molar-refractivity contribution in [3.05, 3.63) is 35.4 Å². The van der Waals surface area contributed by atoms with Crippen LogP contribution in [0, 0.1) is 0 Å². The lowest BCUT2D eigenvalue weighted by Gasteiger charge is -2.38. The fourth-order valence-corrected chi connectivity index (χ4v) is 4.31. The number of carbonyl (C=O) groups is 1. The van der Waals surface area contributed by atoms with E-state index in [1.54, 1.807) is 0 Å². The molecular weight excluding hydrogens is 320 g/mol. The molecule has 1 unspecified atom stereocenters. The fraction of sp³-hybridized carbons (Fsp3) is 0.650. The Morgan fingerprint density at radius 2 is 1.71 bits per heavy atom. The second-order valence-corrected chi connectivity index (χ2v) is 7.50. The number of benzene rings is 1. The molecule has 3 rings (SSSR count). The summed E-state index contributed by atoms with van der Waals surface area (Å²) >= 11 is 5.65. The molecule has 0 aromatic heterocycles. The van der Waals surface area contributed by atoms with Gasteiger partial charge in [0.05, 0.1) is 0 Å². The van der Waals surface area contributed by atoms with Crippen molar-refractivity contribution >= 4 is 17.5 Å². The van der Waals surface area contributed by atoms with E-state index in [2.05, 4.69) is 36.1 Å². The zero-order chi connectivity index (χ0) is 16.9. The quantitative estimate of drug-likeness (QED) is 0.762. The molecule has 1 amide bonds. The average molecular weight is 349 g/mol. The lowest BCUT2D eigenvalue weighted by atomic mass is 9.83. The molecule has 0 N–H and O–H groups in total. The Bertz CT molecular complexity index is 531. The zero-order valence-corrected chi connectivity index (χ0v) is 15.5.